The van der Waals surface area contributed by atoms with E-state index in [0.29, 0.717) is 17.0 Å². The number of fused-ring (bicyclic) bond motifs is 2. The van der Waals surface area contributed by atoms with Gasteiger partial charge < -0.3 is 14.7 Å². The van der Waals surface area contributed by atoms with Gasteiger partial charge in [0.05, 0.1) is 0 Å². The molecule has 4 rings (SSSR count). The summed E-state index contributed by atoms with van der Waals surface area (Å²) in [6, 6.07) is 16.2. The van der Waals surface area contributed by atoms with Crippen LogP contribution in [0, 0.1) is 6.92 Å². The number of aromatic amines is 1. The quantitative estimate of drug-likeness (QED) is 0.551. The second-order valence-electron chi connectivity index (χ2n) is 5.68. The first kappa shape index (κ1) is 14.3. The van der Waals surface area contributed by atoms with Gasteiger partial charge in [-0.25, -0.2) is 4.79 Å². The van der Waals surface area contributed by atoms with E-state index in [9.17, 15) is 9.59 Å². The monoisotopic (exact) mass is 318 g/mol. The summed E-state index contributed by atoms with van der Waals surface area (Å²) < 4.78 is 5.20. The Balaban J connectivity index is 1.68. The van der Waals surface area contributed by atoms with Crippen LogP contribution in [0.15, 0.2) is 63.8 Å². The highest BCUT2D eigenvalue weighted by Gasteiger charge is 2.11. The number of anilines is 1. The molecule has 0 fully saturated rings. The number of nitrogens with one attached hydrogen (secondary N) is 2. The summed E-state index contributed by atoms with van der Waals surface area (Å²) in [4.78, 5) is 27.0. The zero-order valence-electron chi connectivity index (χ0n) is 12.9. The van der Waals surface area contributed by atoms with Gasteiger partial charge >= 0.3 is 5.63 Å². The topological polar surface area (TPSA) is 75.1 Å². The third-order valence-corrected chi connectivity index (χ3v) is 3.98. The summed E-state index contributed by atoms with van der Waals surface area (Å²) in [5.41, 5.74) is 2.84. The van der Waals surface area contributed by atoms with Crippen LogP contribution in [0.1, 0.15) is 16.1 Å². The average Bonchev–Trinajstić information content (AvgIpc) is 2.98. The molecule has 0 aliphatic rings. The largest absolute Gasteiger partial charge is 0.423 e. The maximum absolute atomic E-state index is 12.4. The van der Waals surface area contributed by atoms with Crippen molar-refractivity contribution < 1.29 is 9.21 Å². The summed E-state index contributed by atoms with van der Waals surface area (Å²) in [6.07, 6.45) is 0. The Bertz CT molecular complexity index is 1110. The second-order valence-corrected chi connectivity index (χ2v) is 5.68. The highest BCUT2D eigenvalue weighted by atomic mass is 16.4. The SMILES string of the molecule is Cc1cc(=O)oc2cc(NC(=O)c3cc4ccccc4[nH]3)ccc12. The fourth-order valence-electron chi connectivity index (χ4n) is 2.80. The van der Waals surface area contributed by atoms with E-state index < -0.39 is 5.63 Å². The van der Waals surface area contributed by atoms with Crippen molar-refractivity contribution in [2.45, 2.75) is 6.92 Å². The summed E-state index contributed by atoms with van der Waals surface area (Å²) in [7, 11) is 0. The molecule has 0 aliphatic heterocycles. The van der Waals surface area contributed by atoms with Crippen LogP contribution in [-0.2, 0) is 0 Å². The highest BCUT2D eigenvalue weighted by Crippen LogP contribution is 2.22. The Labute approximate surface area is 136 Å². The van der Waals surface area contributed by atoms with Crippen LogP contribution in [0.5, 0.6) is 0 Å². The van der Waals surface area contributed by atoms with Gasteiger partial charge in [0.15, 0.2) is 0 Å². The maximum Gasteiger partial charge on any atom is 0.336 e. The van der Waals surface area contributed by atoms with Gasteiger partial charge in [0.1, 0.15) is 11.3 Å². The molecule has 2 heterocycles. The van der Waals surface area contributed by atoms with Crippen molar-refractivity contribution in [3.63, 3.8) is 0 Å². The van der Waals surface area contributed by atoms with E-state index in [-0.39, 0.29) is 5.91 Å². The number of rotatable bonds is 2. The molecular weight excluding hydrogens is 304 g/mol. The van der Waals surface area contributed by atoms with E-state index in [1.165, 1.54) is 6.07 Å². The minimum atomic E-state index is -0.404. The van der Waals surface area contributed by atoms with E-state index in [1.807, 2.05) is 37.3 Å². The van der Waals surface area contributed by atoms with Crippen molar-refractivity contribution in [1.82, 2.24) is 4.98 Å². The van der Waals surface area contributed by atoms with Crippen LogP contribution in [0.4, 0.5) is 5.69 Å². The van der Waals surface area contributed by atoms with E-state index in [2.05, 4.69) is 10.3 Å². The summed E-state index contributed by atoms with van der Waals surface area (Å²) >= 11 is 0. The number of amides is 1. The van der Waals surface area contributed by atoms with Crippen molar-refractivity contribution >= 4 is 33.5 Å². The van der Waals surface area contributed by atoms with Crippen molar-refractivity contribution in [2.24, 2.45) is 0 Å². The van der Waals surface area contributed by atoms with Gasteiger partial charge in [-0.05, 0) is 36.8 Å². The smallest absolute Gasteiger partial charge is 0.336 e. The van der Waals surface area contributed by atoms with Gasteiger partial charge in [0, 0.05) is 34.1 Å². The van der Waals surface area contributed by atoms with Crippen LogP contribution in [0.25, 0.3) is 21.9 Å². The molecule has 0 unspecified atom stereocenters. The highest BCUT2D eigenvalue weighted by molar-refractivity contribution is 6.06. The molecule has 0 radical (unpaired) electrons. The molecule has 4 aromatic rings. The standard InChI is InChI=1S/C19H14N2O3/c1-11-8-18(22)24-17-10-13(6-7-14(11)17)20-19(23)16-9-12-4-2-3-5-15(12)21-16/h2-10,21H,1H3,(H,20,23). The fourth-order valence-corrected chi connectivity index (χ4v) is 2.80. The minimum Gasteiger partial charge on any atom is -0.423 e. The van der Waals surface area contributed by atoms with Crippen LogP contribution in [0.3, 0.4) is 0 Å². The Hall–Kier alpha value is -3.34. The van der Waals surface area contributed by atoms with Gasteiger partial charge in [-0.15, -0.1) is 0 Å². The van der Waals surface area contributed by atoms with Crippen molar-refractivity contribution in [1.29, 1.82) is 0 Å². The molecule has 2 aromatic heterocycles. The lowest BCUT2D eigenvalue weighted by Gasteiger charge is -2.06. The molecular formula is C19H14N2O3. The minimum absolute atomic E-state index is 0.249. The molecule has 2 aromatic carbocycles. The van der Waals surface area contributed by atoms with Gasteiger partial charge in [0.25, 0.3) is 5.91 Å². The average molecular weight is 318 g/mol. The molecule has 0 saturated heterocycles. The predicted molar refractivity (Wildman–Crippen MR) is 93.5 cm³/mol. The first-order valence-electron chi connectivity index (χ1n) is 7.54. The number of aromatic nitrogens is 1. The number of hydrogen-bond donors (Lipinski definition) is 2. The normalized spacial score (nSPS) is 11.0. The van der Waals surface area contributed by atoms with Gasteiger partial charge in [-0.3, -0.25) is 4.79 Å². The third kappa shape index (κ3) is 2.46. The molecule has 2 N–H and O–H groups in total. The molecule has 0 atom stereocenters. The predicted octanol–water partition coefficient (Wildman–Crippen LogP) is 3.84. The number of para-hydroxylation sites is 1. The van der Waals surface area contributed by atoms with Crippen molar-refractivity contribution in [3.05, 3.63) is 76.3 Å². The van der Waals surface area contributed by atoms with Crippen LogP contribution in [0.2, 0.25) is 0 Å². The van der Waals surface area contributed by atoms with E-state index in [0.717, 1.165) is 21.9 Å². The molecule has 118 valence electrons. The molecule has 24 heavy (non-hydrogen) atoms. The Kier molecular flexibility index (Phi) is 3.20. The Morgan fingerprint density at radius 1 is 1.08 bits per heavy atom. The van der Waals surface area contributed by atoms with E-state index in [1.54, 1.807) is 18.2 Å². The number of aryl methyl sites for hydroxylation is 1. The molecule has 1 amide bonds. The van der Waals surface area contributed by atoms with Crippen LogP contribution in [-0.4, -0.2) is 10.9 Å². The fraction of sp³-hybridized carbons (Fsp3) is 0.0526. The van der Waals surface area contributed by atoms with E-state index >= 15 is 0 Å². The Morgan fingerprint density at radius 2 is 1.92 bits per heavy atom. The number of carbonyl (C=O) groups is 1. The van der Waals surface area contributed by atoms with Crippen LogP contribution >= 0.6 is 0 Å². The van der Waals surface area contributed by atoms with Crippen LogP contribution < -0.4 is 10.9 Å². The number of carbonyl (C=O) groups excluding carboxylic acids is 1. The zero-order chi connectivity index (χ0) is 16.7. The lowest BCUT2D eigenvalue weighted by atomic mass is 10.1. The number of benzene rings is 2. The summed E-state index contributed by atoms with van der Waals surface area (Å²) in [6.45, 7) is 1.85. The molecule has 5 nitrogen and oxygen atoms in total. The molecule has 5 heteroatoms. The zero-order valence-corrected chi connectivity index (χ0v) is 12.9. The first-order chi connectivity index (χ1) is 11.6. The second kappa shape index (κ2) is 5.38. The van der Waals surface area contributed by atoms with Crippen molar-refractivity contribution in [2.75, 3.05) is 5.32 Å². The van der Waals surface area contributed by atoms with Crippen molar-refractivity contribution in [3.8, 4) is 0 Å². The first-order valence-corrected chi connectivity index (χ1v) is 7.54. The van der Waals surface area contributed by atoms with Gasteiger partial charge in [-0.2, -0.15) is 0 Å². The lowest BCUT2D eigenvalue weighted by Crippen LogP contribution is -2.12. The molecule has 0 aliphatic carbocycles. The molecule has 0 spiro atoms. The summed E-state index contributed by atoms with van der Waals surface area (Å²) in [5, 5.41) is 4.64. The Morgan fingerprint density at radius 3 is 2.75 bits per heavy atom. The summed E-state index contributed by atoms with van der Waals surface area (Å²) in [5.74, 6) is -0.249. The van der Waals surface area contributed by atoms with Gasteiger partial charge in [-0.1, -0.05) is 18.2 Å². The third-order valence-electron chi connectivity index (χ3n) is 3.98. The maximum atomic E-state index is 12.4. The number of H-pyrrole nitrogens is 1. The molecule has 0 saturated carbocycles. The lowest BCUT2D eigenvalue weighted by molar-refractivity contribution is 0.102. The number of hydrogen-bond acceptors (Lipinski definition) is 3. The molecule has 0 bridgehead atoms. The van der Waals surface area contributed by atoms with E-state index in [4.69, 9.17) is 4.42 Å². The van der Waals surface area contributed by atoms with Gasteiger partial charge in [0.2, 0.25) is 0 Å².